The van der Waals surface area contributed by atoms with Gasteiger partial charge in [-0.3, -0.25) is 0 Å². The Labute approximate surface area is 101 Å². The van der Waals surface area contributed by atoms with Gasteiger partial charge in [0.1, 0.15) is 5.82 Å². The summed E-state index contributed by atoms with van der Waals surface area (Å²) in [5, 5.41) is 0. The second-order valence-electron chi connectivity index (χ2n) is 4.01. The summed E-state index contributed by atoms with van der Waals surface area (Å²) in [5.41, 5.74) is 8.18. The minimum absolute atomic E-state index is 0.0127. The SMILES string of the molecule is NC(C[CH]c1ccc(F)cc1)c1ccccc1. The van der Waals surface area contributed by atoms with Crippen molar-refractivity contribution in [1.82, 2.24) is 0 Å². The van der Waals surface area contributed by atoms with E-state index in [4.69, 9.17) is 5.73 Å². The molecule has 2 aromatic rings. The van der Waals surface area contributed by atoms with Crippen molar-refractivity contribution in [2.75, 3.05) is 0 Å². The summed E-state index contributed by atoms with van der Waals surface area (Å²) in [7, 11) is 0. The fourth-order valence-corrected chi connectivity index (χ4v) is 1.70. The fraction of sp³-hybridized carbons (Fsp3) is 0.133. The minimum Gasteiger partial charge on any atom is -0.324 e. The Kier molecular flexibility index (Phi) is 3.89. The van der Waals surface area contributed by atoms with Gasteiger partial charge in [0.25, 0.3) is 0 Å². The van der Waals surface area contributed by atoms with Gasteiger partial charge in [0.2, 0.25) is 0 Å². The molecule has 87 valence electrons. The molecule has 1 nitrogen and oxygen atoms in total. The van der Waals surface area contributed by atoms with Crippen LogP contribution < -0.4 is 5.73 Å². The van der Waals surface area contributed by atoms with Crippen LogP contribution in [0.3, 0.4) is 0 Å². The first-order valence-corrected chi connectivity index (χ1v) is 5.65. The second kappa shape index (κ2) is 5.60. The van der Waals surface area contributed by atoms with Gasteiger partial charge in [0.05, 0.1) is 0 Å². The molecule has 0 aromatic heterocycles. The summed E-state index contributed by atoms with van der Waals surface area (Å²) in [6.07, 6.45) is 2.77. The molecule has 0 fully saturated rings. The Balaban J connectivity index is 1.92. The molecular weight excluding hydrogens is 213 g/mol. The molecule has 1 unspecified atom stereocenters. The van der Waals surface area contributed by atoms with Crippen LogP contribution in [0.2, 0.25) is 0 Å². The zero-order valence-corrected chi connectivity index (χ0v) is 9.51. The summed E-state index contributed by atoms with van der Waals surface area (Å²) in [4.78, 5) is 0. The lowest BCUT2D eigenvalue weighted by atomic mass is 10.00. The predicted molar refractivity (Wildman–Crippen MR) is 67.8 cm³/mol. The van der Waals surface area contributed by atoms with E-state index >= 15 is 0 Å². The second-order valence-corrected chi connectivity index (χ2v) is 4.01. The number of halogens is 1. The van der Waals surface area contributed by atoms with E-state index in [-0.39, 0.29) is 11.9 Å². The highest BCUT2D eigenvalue weighted by molar-refractivity contribution is 5.25. The lowest BCUT2D eigenvalue weighted by Crippen LogP contribution is -2.10. The average Bonchev–Trinajstić information content (AvgIpc) is 2.39. The standard InChI is InChI=1S/C15H15FN/c16-14-9-6-12(7-10-14)8-11-15(17)13-4-2-1-3-5-13/h1-10,15H,11,17H2. The predicted octanol–water partition coefficient (Wildman–Crippen LogP) is 3.47. The van der Waals surface area contributed by atoms with Crippen molar-refractivity contribution in [3.63, 3.8) is 0 Å². The maximum atomic E-state index is 12.7. The highest BCUT2D eigenvalue weighted by Gasteiger charge is 2.05. The number of benzene rings is 2. The van der Waals surface area contributed by atoms with Crippen LogP contribution in [0.1, 0.15) is 23.6 Å². The maximum Gasteiger partial charge on any atom is 0.123 e. The maximum absolute atomic E-state index is 12.7. The third-order valence-electron chi connectivity index (χ3n) is 2.71. The lowest BCUT2D eigenvalue weighted by molar-refractivity contribution is 0.627. The molecule has 2 aromatic carbocycles. The highest BCUT2D eigenvalue weighted by atomic mass is 19.1. The molecule has 17 heavy (non-hydrogen) atoms. The largest absolute Gasteiger partial charge is 0.324 e. The zero-order chi connectivity index (χ0) is 12.1. The summed E-state index contributed by atoms with van der Waals surface area (Å²) in [5.74, 6) is -0.213. The van der Waals surface area contributed by atoms with Gasteiger partial charge in [0, 0.05) is 6.04 Å². The molecule has 2 heteroatoms. The van der Waals surface area contributed by atoms with Crippen LogP contribution >= 0.6 is 0 Å². The van der Waals surface area contributed by atoms with Crippen LogP contribution in [0.4, 0.5) is 4.39 Å². The van der Waals surface area contributed by atoms with Crippen LogP contribution in [0.25, 0.3) is 0 Å². The summed E-state index contributed by atoms with van der Waals surface area (Å²) >= 11 is 0. The van der Waals surface area contributed by atoms with E-state index in [1.165, 1.54) is 12.1 Å². The molecule has 1 atom stereocenters. The molecular formula is C15H15FN. The third kappa shape index (κ3) is 3.40. The molecule has 0 amide bonds. The van der Waals surface area contributed by atoms with Gasteiger partial charge in [0.15, 0.2) is 0 Å². The molecule has 2 rings (SSSR count). The van der Waals surface area contributed by atoms with E-state index in [2.05, 4.69) is 0 Å². The molecule has 0 aliphatic heterocycles. The smallest absolute Gasteiger partial charge is 0.123 e. The number of hydrogen-bond donors (Lipinski definition) is 1. The van der Waals surface area contributed by atoms with Crippen LogP contribution in [-0.4, -0.2) is 0 Å². The van der Waals surface area contributed by atoms with Gasteiger partial charge < -0.3 is 5.73 Å². The van der Waals surface area contributed by atoms with Crippen LogP contribution in [-0.2, 0) is 0 Å². The monoisotopic (exact) mass is 228 g/mol. The molecule has 0 spiro atoms. The quantitative estimate of drug-likeness (QED) is 0.852. The van der Waals surface area contributed by atoms with E-state index in [0.29, 0.717) is 0 Å². The van der Waals surface area contributed by atoms with Crippen molar-refractivity contribution in [3.8, 4) is 0 Å². The van der Waals surface area contributed by atoms with Crippen molar-refractivity contribution in [3.05, 3.63) is 78.0 Å². The van der Waals surface area contributed by atoms with Crippen molar-refractivity contribution in [2.45, 2.75) is 12.5 Å². The first kappa shape index (κ1) is 11.8. The molecule has 0 saturated heterocycles. The lowest BCUT2D eigenvalue weighted by Gasteiger charge is -2.11. The van der Waals surface area contributed by atoms with Gasteiger partial charge in [-0.15, -0.1) is 0 Å². The average molecular weight is 228 g/mol. The van der Waals surface area contributed by atoms with Gasteiger partial charge >= 0.3 is 0 Å². The number of nitrogens with two attached hydrogens (primary N) is 1. The molecule has 2 N–H and O–H groups in total. The van der Waals surface area contributed by atoms with Gasteiger partial charge in [-0.1, -0.05) is 42.5 Å². The van der Waals surface area contributed by atoms with Gasteiger partial charge in [-0.25, -0.2) is 4.39 Å². The Morgan fingerprint density at radius 1 is 1.00 bits per heavy atom. The van der Waals surface area contributed by atoms with E-state index in [9.17, 15) is 4.39 Å². The van der Waals surface area contributed by atoms with Crippen LogP contribution in [0.5, 0.6) is 0 Å². The molecule has 0 aliphatic rings. The summed E-state index contributed by atoms with van der Waals surface area (Å²) in [6, 6.07) is 16.4. The van der Waals surface area contributed by atoms with E-state index in [0.717, 1.165) is 17.5 Å². The van der Waals surface area contributed by atoms with Gasteiger partial charge in [-0.05, 0) is 36.1 Å². The zero-order valence-electron chi connectivity index (χ0n) is 9.51. The van der Waals surface area contributed by atoms with Crippen molar-refractivity contribution < 1.29 is 4.39 Å². The van der Waals surface area contributed by atoms with Crippen LogP contribution in [0, 0.1) is 12.2 Å². The summed E-state index contributed by atoms with van der Waals surface area (Å²) in [6.45, 7) is 0. The van der Waals surface area contributed by atoms with E-state index < -0.39 is 0 Å². The third-order valence-corrected chi connectivity index (χ3v) is 2.71. The molecule has 0 heterocycles. The van der Waals surface area contributed by atoms with Crippen molar-refractivity contribution >= 4 is 0 Å². The van der Waals surface area contributed by atoms with Gasteiger partial charge in [-0.2, -0.15) is 0 Å². The van der Waals surface area contributed by atoms with E-state index in [1.54, 1.807) is 12.1 Å². The first-order valence-electron chi connectivity index (χ1n) is 5.65. The fourth-order valence-electron chi connectivity index (χ4n) is 1.70. The Bertz CT molecular complexity index is 450. The minimum atomic E-state index is -0.213. The Morgan fingerprint density at radius 3 is 2.29 bits per heavy atom. The normalized spacial score (nSPS) is 12.4. The number of rotatable bonds is 4. The molecule has 0 saturated carbocycles. The Morgan fingerprint density at radius 2 is 1.65 bits per heavy atom. The molecule has 1 radical (unpaired) electrons. The van der Waals surface area contributed by atoms with Crippen LogP contribution in [0.15, 0.2) is 54.6 Å². The summed E-state index contributed by atoms with van der Waals surface area (Å²) < 4.78 is 12.7. The molecule has 0 aliphatic carbocycles. The van der Waals surface area contributed by atoms with Crippen molar-refractivity contribution in [1.29, 1.82) is 0 Å². The van der Waals surface area contributed by atoms with Crippen molar-refractivity contribution in [2.24, 2.45) is 5.73 Å². The molecule has 0 bridgehead atoms. The first-order chi connectivity index (χ1) is 8.25. The highest BCUT2D eigenvalue weighted by Crippen LogP contribution is 2.17. The van der Waals surface area contributed by atoms with E-state index in [1.807, 2.05) is 36.8 Å². The Hall–Kier alpha value is -1.67. The number of hydrogen-bond acceptors (Lipinski definition) is 1. The topological polar surface area (TPSA) is 26.0 Å².